The summed E-state index contributed by atoms with van der Waals surface area (Å²) in [4.78, 5) is 3.97. The lowest BCUT2D eigenvalue weighted by Crippen LogP contribution is -2.15. The van der Waals surface area contributed by atoms with Crippen LogP contribution in [0.5, 0.6) is 0 Å². The van der Waals surface area contributed by atoms with Crippen LogP contribution < -0.4 is 10.0 Å². The van der Waals surface area contributed by atoms with Crippen LogP contribution in [0.3, 0.4) is 0 Å². The van der Waals surface area contributed by atoms with Crippen molar-refractivity contribution in [3.05, 3.63) is 46.7 Å². The number of hydrogen-bond donors (Lipinski definition) is 2. The monoisotopic (exact) mass is 355 g/mol. The van der Waals surface area contributed by atoms with Crippen molar-refractivity contribution < 1.29 is 8.42 Å². The maximum absolute atomic E-state index is 12.4. The first-order valence-corrected chi connectivity index (χ1v) is 8.12. The van der Waals surface area contributed by atoms with Gasteiger partial charge < -0.3 is 5.32 Å². The molecule has 1 aromatic carbocycles. The Bertz CT molecular complexity index is 732. The van der Waals surface area contributed by atoms with Crippen molar-refractivity contribution in [1.29, 1.82) is 0 Å². The molecule has 0 bridgehead atoms. The number of aromatic nitrogens is 1. The van der Waals surface area contributed by atoms with E-state index in [9.17, 15) is 8.42 Å². The molecule has 0 spiro atoms. The van der Waals surface area contributed by atoms with E-state index in [-0.39, 0.29) is 4.90 Å². The minimum Gasteiger partial charge on any atom is -0.387 e. The van der Waals surface area contributed by atoms with Crippen LogP contribution >= 0.6 is 15.9 Å². The number of nitrogens with one attached hydrogen (secondary N) is 2. The Balaban J connectivity index is 2.41. The van der Waals surface area contributed by atoms with E-state index >= 15 is 0 Å². The fourth-order valence-corrected chi connectivity index (χ4v) is 3.66. The van der Waals surface area contributed by atoms with Crippen LogP contribution in [0, 0.1) is 6.92 Å². The molecule has 106 valence electrons. The van der Waals surface area contributed by atoms with Gasteiger partial charge in [-0.15, -0.1) is 0 Å². The summed E-state index contributed by atoms with van der Waals surface area (Å²) < 4.78 is 28.1. The van der Waals surface area contributed by atoms with Gasteiger partial charge in [-0.2, -0.15) is 0 Å². The number of pyridine rings is 1. The standard InChI is InChI=1S/C13H14BrN3O2S/c1-9-3-4-11(10(14)7-9)17-20(18,19)13-8-16-6-5-12(13)15-2/h3-8,17H,1-2H3,(H,15,16). The number of halogens is 1. The zero-order valence-corrected chi connectivity index (χ0v) is 13.4. The maximum Gasteiger partial charge on any atom is 0.265 e. The summed E-state index contributed by atoms with van der Waals surface area (Å²) in [5, 5.41) is 2.84. The predicted molar refractivity (Wildman–Crippen MR) is 83.5 cm³/mol. The fraction of sp³-hybridized carbons (Fsp3) is 0.154. The molecule has 0 unspecified atom stereocenters. The third-order valence-corrected chi connectivity index (χ3v) is 4.76. The van der Waals surface area contributed by atoms with E-state index in [1.54, 1.807) is 19.2 Å². The van der Waals surface area contributed by atoms with Crippen molar-refractivity contribution in [2.24, 2.45) is 0 Å². The number of nitrogens with zero attached hydrogens (tertiary/aromatic N) is 1. The Kier molecular flexibility index (Phi) is 4.29. The minimum atomic E-state index is -3.70. The van der Waals surface area contributed by atoms with E-state index in [1.165, 1.54) is 12.4 Å². The Morgan fingerprint density at radius 2 is 1.95 bits per heavy atom. The summed E-state index contributed by atoms with van der Waals surface area (Å²) >= 11 is 3.35. The van der Waals surface area contributed by atoms with Crippen molar-refractivity contribution >= 4 is 37.3 Å². The Labute approximate surface area is 126 Å². The number of benzene rings is 1. The van der Waals surface area contributed by atoms with Crippen LogP contribution in [-0.2, 0) is 10.0 Å². The van der Waals surface area contributed by atoms with Gasteiger partial charge in [-0.3, -0.25) is 9.71 Å². The first-order chi connectivity index (χ1) is 9.44. The highest BCUT2D eigenvalue weighted by molar-refractivity contribution is 9.10. The normalized spacial score (nSPS) is 11.2. The first kappa shape index (κ1) is 14.8. The van der Waals surface area contributed by atoms with Crippen LogP contribution in [0.1, 0.15) is 5.56 Å². The molecule has 0 atom stereocenters. The molecule has 0 aliphatic carbocycles. The molecular formula is C13H14BrN3O2S. The molecule has 0 radical (unpaired) electrons. The van der Waals surface area contributed by atoms with E-state index in [1.807, 2.05) is 19.1 Å². The van der Waals surface area contributed by atoms with Gasteiger partial charge in [0.1, 0.15) is 4.90 Å². The van der Waals surface area contributed by atoms with Gasteiger partial charge in [-0.1, -0.05) is 6.07 Å². The lowest BCUT2D eigenvalue weighted by atomic mass is 10.2. The second-order valence-electron chi connectivity index (χ2n) is 4.21. The highest BCUT2D eigenvalue weighted by atomic mass is 79.9. The third-order valence-electron chi connectivity index (χ3n) is 2.71. The molecule has 5 nitrogen and oxygen atoms in total. The first-order valence-electron chi connectivity index (χ1n) is 5.85. The van der Waals surface area contributed by atoms with E-state index in [4.69, 9.17) is 0 Å². The van der Waals surface area contributed by atoms with Gasteiger partial charge in [0.25, 0.3) is 10.0 Å². The molecule has 0 amide bonds. The summed E-state index contributed by atoms with van der Waals surface area (Å²) in [6.45, 7) is 1.93. The minimum absolute atomic E-state index is 0.106. The number of anilines is 2. The van der Waals surface area contributed by atoms with Gasteiger partial charge in [0.2, 0.25) is 0 Å². The van der Waals surface area contributed by atoms with Crippen molar-refractivity contribution in [2.75, 3.05) is 17.1 Å². The average molecular weight is 356 g/mol. The molecule has 0 aliphatic rings. The lowest BCUT2D eigenvalue weighted by molar-refractivity contribution is 0.601. The van der Waals surface area contributed by atoms with Gasteiger partial charge in [0.15, 0.2) is 0 Å². The lowest BCUT2D eigenvalue weighted by Gasteiger charge is -2.12. The highest BCUT2D eigenvalue weighted by Crippen LogP contribution is 2.27. The molecular weight excluding hydrogens is 342 g/mol. The summed E-state index contributed by atoms with van der Waals surface area (Å²) in [5.41, 5.74) is 2.02. The molecule has 7 heteroatoms. The Hall–Kier alpha value is -1.60. The molecule has 2 aromatic rings. The van der Waals surface area contributed by atoms with E-state index in [2.05, 4.69) is 31.0 Å². The number of aryl methyl sites for hydroxylation is 1. The number of hydrogen-bond acceptors (Lipinski definition) is 4. The molecule has 2 rings (SSSR count). The summed E-state index contributed by atoms with van der Waals surface area (Å²) in [7, 11) is -2.03. The van der Waals surface area contributed by atoms with Crippen molar-refractivity contribution in [3.63, 3.8) is 0 Å². The predicted octanol–water partition coefficient (Wildman–Crippen LogP) is 3.00. The van der Waals surface area contributed by atoms with Crippen molar-refractivity contribution in [2.45, 2.75) is 11.8 Å². The van der Waals surface area contributed by atoms with Gasteiger partial charge in [-0.25, -0.2) is 8.42 Å². The second kappa shape index (κ2) is 5.80. The quantitative estimate of drug-likeness (QED) is 0.884. The summed E-state index contributed by atoms with van der Waals surface area (Å²) in [5.74, 6) is 0. The molecule has 1 aromatic heterocycles. The van der Waals surface area contributed by atoms with E-state index in [0.717, 1.165) is 5.56 Å². The van der Waals surface area contributed by atoms with Crippen LogP contribution in [0.25, 0.3) is 0 Å². The van der Waals surface area contributed by atoms with Crippen LogP contribution in [0.2, 0.25) is 0 Å². The largest absolute Gasteiger partial charge is 0.387 e. The van der Waals surface area contributed by atoms with Crippen LogP contribution in [-0.4, -0.2) is 20.4 Å². The second-order valence-corrected chi connectivity index (χ2v) is 6.72. The number of rotatable bonds is 4. The van der Waals surface area contributed by atoms with Gasteiger partial charge in [-0.05, 0) is 46.6 Å². The summed E-state index contributed by atoms with van der Waals surface area (Å²) in [6, 6.07) is 7.01. The Morgan fingerprint density at radius 1 is 1.20 bits per heavy atom. The van der Waals surface area contributed by atoms with Gasteiger partial charge in [0, 0.05) is 23.9 Å². The molecule has 20 heavy (non-hydrogen) atoms. The highest BCUT2D eigenvalue weighted by Gasteiger charge is 2.19. The maximum atomic E-state index is 12.4. The molecule has 1 heterocycles. The van der Waals surface area contributed by atoms with Crippen molar-refractivity contribution in [1.82, 2.24) is 4.98 Å². The molecule has 0 saturated heterocycles. The van der Waals surface area contributed by atoms with Crippen LogP contribution in [0.15, 0.2) is 46.0 Å². The molecule has 0 aliphatic heterocycles. The zero-order chi connectivity index (χ0) is 14.8. The molecule has 0 fully saturated rings. The fourth-order valence-electron chi connectivity index (χ4n) is 1.70. The van der Waals surface area contributed by atoms with E-state index < -0.39 is 10.0 Å². The molecule has 0 saturated carbocycles. The van der Waals surface area contributed by atoms with Gasteiger partial charge in [0.05, 0.1) is 11.4 Å². The topological polar surface area (TPSA) is 71.1 Å². The molecule has 2 N–H and O–H groups in total. The van der Waals surface area contributed by atoms with E-state index in [0.29, 0.717) is 15.8 Å². The average Bonchev–Trinajstić information content (AvgIpc) is 2.42. The SMILES string of the molecule is CNc1ccncc1S(=O)(=O)Nc1ccc(C)cc1Br. The van der Waals surface area contributed by atoms with Gasteiger partial charge >= 0.3 is 0 Å². The smallest absolute Gasteiger partial charge is 0.265 e. The summed E-state index contributed by atoms with van der Waals surface area (Å²) in [6.07, 6.45) is 2.85. The third kappa shape index (κ3) is 3.10. The van der Waals surface area contributed by atoms with Crippen molar-refractivity contribution in [3.8, 4) is 0 Å². The number of sulfonamides is 1. The Morgan fingerprint density at radius 3 is 2.60 bits per heavy atom. The van der Waals surface area contributed by atoms with Crippen LogP contribution in [0.4, 0.5) is 11.4 Å². The zero-order valence-electron chi connectivity index (χ0n) is 11.0.